The third kappa shape index (κ3) is 6.31. The zero-order valence-corrected chi connectivity index (χ0v) is 16.4. The molecule has 22 heavy (non-hydrogen) atoms. The lowest BCUT2D eigenvalue weighted by Gasteiger charge is -2.17. The number of aryl methyl sites for hydroxylation is 1. The van der Waals surface area contributed by atoms with Gasteiger partial charge < -0.3 is 10.2 Å². The van der Waals surface area contributed by atoms with E-state index in [1.165, 1.54) is 5.56 Å². The van der Waals surface area contributed by atoms with Gasteiger partial charge in [0.15, 0.2) is 5.96 Å². The summed E-state index contributed by atoms with van der Waals surface area (Å²) in [7, 11) is 4.01. The Hall–Kier alpha value is -1.15. The van der Waals surface area contributed by atoms with Crippen molar-refractivity contribution in [2.45, 2.75) is 19.9 Å². The monoisotopic (exact) mass is 430 g/mol. The van der Waals surface area contributed by atoms with Crippen LogP contribution >= 0.6 is 35.3 Å². The van der Waals surface area contributed by atoms with Crippen LogP contribution in [0.25, 0.3) is 0 Å². The normalized spacial score (nSPS) is 11.0. The van der Waals surface area contributed by atoms with Gasteiger partial charge in [-0.3, -0.25) is 0 Å². The second kappa shape index (κ2) is 9.78. The Morgan fingerprint density at radius 2 is 2.00 bits per heavy atom. The minimum absolute atomic E-state index is 0. The van der Waals surface area contributed by atoms with Crippen LogP contribution in [0.5, 0.6) is 0 Å². The summed E-state index contributed by atoms with van der Waals surface area (Å²) in [5, 5.41) is 6.63. The first-order valence-corrected chi connectivity index (χ1v) is 7.93. The van der Waals surface area contributed by atoms with Gasteiger partial charge in [-0.1, -0.05) is 30.3 Å². The minimum atomic E-state index is 0. The third-order valence-electron chi connectivity index (χ3n) is 3.01. The van der Waals surface area contributed by atoms with E-state index in [0.29, 0.717) is 6.54 Å². The van der Waals surface area contributed by atoms with Crippen LogP contribution in [0.4, 0.5) is 0 Å². The summed E-state index contributed by atoms with van der Waals surface area (Å²) < 4.78 is 0. The number of benzene rings is 1. The van der Waals surface area contributed by atoms with Crippen LogP contribution in [0.2, 0.25) is 0 Å². The van der Waals surface area contributed by atoms with Crippen molar-refractivity contribution < 1.29 is 0 Å². The van der Waals surface area contributed by atoms with E-state index in [1.807, 2.05) is 44.1 Å². The highest BCUT2D eigenvalue weighted by Gasteiger charge is 2.03. The van der Waals surface area contributed by atoms with Crippen LogP contribution in [0.1, 0.15) is 16.3 Å². The third-order valence-corrected chi connectivity index (χ3v) is 3.83. The highest BCUT2D eigenvalue weighted by atomic mass is 127. The summed E-state index contributed by atoms with van der Waals surface area (Å²) in [6.45, 7) is 3.57. The molecule has 1 heterocycles. The van der Waals surface area contributed by atoms with Crippen molar-refractivity contribution in [1.29, 1.82) is 0 Å². The fraction of sp³-hybridized carbons (Fsp3) is 0.375. The van der Waals surface area contributed by atoms with Crippen molar-refractivity contribution in [2.75, 3.05) is 20.6 Å². The molecule has 1 N–H and O–H groups in total. The summed E-state index contributed by atoms with van der Waals surface area (Å²) in [5.74, 6) is 0.908. The smallest absolute Gasteiger partial charge is 0.193 e. The molecule has 4 nitrogen and oxygen atoms in total. The van der Waals surface area contributed by atoms with E-state index in [1.54, 1.807) is 11.3 Å². The van der Waals surface area contributed by atoms with E-state index < -0.39 is 0 Å². The van der Waals surface area contributed by atoms with Gasteiger partial charge in [-0.15, -0.1) is 35.3 Å². The highest BCUT2D eigenvalue weighted by Crippen LogP contribution is 2.07. The van der Waals surface area contributed by atoms with Gasteiger partial charge in [0.05, 0.1) is 17.2 Å². The van der Waals surface area contributed by atoms with Gasteiger partial charge in [0.25, 0.3) is 0 Å². The van der Waals surface area contributed by atoms with Crippen molar-refractivity contribution in [3.63, 3.8) is 0 Å². The van der Waals surface area contributed by atoms with Crippen molar-refractivity contribution >= 4 is 41.3 Å². The zero-order valence-electron chi connectivity index (χ0n) is 13.2. The number of aliphatic imine (C=N–C) groups is 1. The summed E-state index contributed by atoms with van der Waals surface area (Å²) in [6, 6.07) is 10.3. The zero-order chi connectivity index (χ0) is 15.1. The minimum Gasteiger partial charge on any atom is -0.356 e. The number of nitrogens with zero attached hydrogens (tertiary/aromatic N) is 3. The van der Waals surface area contributed by atoms with E-state index in [4.69, 9.17) is 0 Å². The molecule has 0 fully saturated rings. The quantitative estimate of drug-likeness (QED) is 0.450. The molecule has 1 aromatic carbocycles. The molecule has 0 radical (unpaired) electrons. The second-order valence-electron chi connectivity index (χ2n) is 5.05. The summed E-state index contributed by atoms with van der Waals surface area (Å²) >= 11 is 1.70. The van der Waals surface area contributed by atoms with Crippen LogP contribution in [-0.4, -0.2) is 36.5 Å². The SMILES string of the molecule is Cc1nc(CCNC(=NCc2ccccc2)N(C)C)cs1.I. The van der Waals surface area contributed by atoms with E-state index in [0.717, 1.165) is 29.6 Å². The van der Waals surface area contributed by atoms with Crippen molar-refractivity contribution in [3.05, 3.63) is 52.0 Å². The summed E-state index contributed by atoms with van der Waals surface area (Å²) in [4.78, 5) is 11.1. The number of rotatable bonds is 5. The summed E-state index contributed by atoms with van der Waals surface area (Å²) in [6.07, 6.45) is 0.919. The number of hydrogen-bond acceptors (Lipinski definition) is 3. The molecular weight excluding hydrogens is 407 g/mol. The molecule has 0 spiro atoms. The maximum Gasteiger partial charge on any atom is 0.193 e. The van der Waals surface area contributed by atoms with Crippen molar-refractivity contribution in [2.24, 2.45) is 4.99 Å². The Balaban J connectivity index is 0.00000242. The lowest BCUT2D eigenvalue weighted by atomic mass is 10.2. The largest absolute Gasteiger partial charge is 0.356 e. The molecule has 0 saturated carbocycles. The molecule has 0 bridgehead atoms. The van der Waals surface area contributed by atoms with Crippen LogP contribution in [0, 0.1) is 6.92 Å². The van der Waals surface area contributed by atoms with E-state index in [2.05, 4.69) is 32.8 Å². The van der Waals surface area contributed by atoms with Gasteiger partial charge in [0.2, 0.25) is 0 Å². The van der Waals surface area contributed by atoms with Gasteiger partial charge in [-0.25, -0.2) is 9.98 Å². The standard InChI is InChI=1S/C16H22N4S.HI/c1-13-19-15(12-21-13)9-10-17-16(20(2)3)18-11-14-7-5-4-6-8-14;/h4-8,12H,9-11H2,1-3H3,(H,17,18);1H. The first-order chi connectivity index (χ1) is 10.1. The molecule has 0 aliphatic heterocycles. The van der Waals surface area contributed by atoms with Gasteiger partial charge in [-0.2, -0.15) is 0 Å². The van der Waals surface area contributed by atoms with Gasteiger partial charge in [-0.05, 0) is 12.5 Å². The van der Waals surface area contributed by atoms with Gasteiger partial charge in [0.1, 0.15) is 0 Å². The molecule has 2 aromatic rings. The predicted octanol–water partition coefficient (Wildman–Crippen LogP) is 3.32. The molecule has 0 amide bonds. The van der Waals surface area contributed by atoms with E-state index in [-0.39, 0.29) is 24.0 Å². The molecule has 0 aliphatic rings. The molecule has 0 atom stereocenters. The predicted molar refractivity (Wildman–Crippen MR) is 105 cm³/mol. The highest BCUT2D eigenvalue weighted by molar-refractivity contribution is 14.0. The fourth-order valence-corrected chi connectivity index (χ4v) is 2.58. The van der Waals surface area contributed by atoms with E-state index in [9.17, 15) is 0 Å². The second-order valence-corrected chi connectivity index (χ2v) is 6.12. The molecule has 0 saturated heterocycles. The molecule has 0 unspecified atom stereocenters. The number of hydrogen-bond donors (Lipinski definition) is 1. The molecule has 2 rings (SSSR count). The maximum atomic E-state index is 4.64. The first-order valence-electron chi connectivity index (χ1n) is 7.05. The fourth-order valence-electron chi connectivity index (χ4n) is 1.93. The molecule has 0 aliphatic carbocycles. The topological polar surface area (TPSA) is 40.5 Å². The number of nitrogens with one attached hydrogen (secondary N) is 1. The molecule has 120 valence electrons. The number of thiazole rings is 1. The lowest BCUT2D eigenvalue weighted by Crippen LogP contribution is -2.37. The average molecular weight is 430 g/mol. The molecular formula is C16H23IN4S. The average Bonchev–Trinajstić information content (AvgIpc) is 2.89. The first kappa shape index (κ1) is 18.9. The Morgan fingerprint density at radius 1 is 1.27 bits per heavy atom. The van der Waals surface area contributed by atoms with Crippen LogP contribution < -0.4 is 5.32 Å². The number of aromatic nitrogens is 1. The van der Waals surface area contributed by atoms with Crippen molar-refractivity contribution in [3.8, 4) is 0 Å². The van der Waals surface area contributed by atoms with Crippen molar-refractivity contribution in [1.82, 2.24) is 15.2 Å². The molecule has 1 aromatic heterocycles. The van der Waals surface area contributed by atoms with Crippen LogP contribution in [-0.2, 0) is 13.0 Å². The number of guanidine groups is 1. The van der Waals surface area contributed by atoms with Gasteiger partial charge in [0, 0.05) is 32.4 Å². The Kier molecular flexibility index (Phi) is 8.40. The van der Waals surface area contributed by atoms with Gasteiger partial charge >= 0.3 is 0 Å². The van der Waals surface area contributed by atoms with Crippen LogP contribution in [0.3, 0.4) is 0 Å². The Morgan fingerprint density at radius 3 is 2.59 bits per heavy atom. The van der Waals surface area contributed by atoms with Crippen LogP contribution in [0.15, 0.2) is 40.7 Å². The lowest BCUT2D eigenvalue weighted by molar-refractivity contribution is 0.578. The van der Waals surface area contributed by atoms with E-state index >= 15 is 0 Å². The number of halogens is 1. The maximum absolute atomic E-state index is 4.64. The summed E-state index contributed by atoms with van der Waals surface area (Å²) in [5.41, 5.74) is 2.36. The Labute approximate surface area is 153 Å². The Bertz CT molecular complexity index is 581. The molecule has 6 heteroatoms.